The maximum atomic E-state index is 11.9. The van der Waals surface area contributed by atoms with Crippen molar-refractivity contribution in [2.75, 3.05) is 19.7 Å². The van der Waals surface area contributed by atoms with E-state index in [0.717, 1.165) is 19.4 Å². The summed E-state index contributed by atoms with van der Waals surface area (Å²) in [6.07, 6.45) is 1.79. The van der Waals surface area contributed by atoms with Gasteiger partial charge in [-0.2, -0.15) is 0 Å². The molecule has 1 aromatic carbocycles. The lowest BCUT2D eigenvalue weighted by atomic mass is 9.90. The zero-order chi connectivity index (χ0) is 14.5. The summed E-state index contributed by atoms with van der Waals surface area (Å²) in [7, 11) is 0. The Hall–Kier alpha value is -1.77. The van der Waals surface area contributed by atoms with Gasteiger partial charge in [-0.15, -0.1) is 0 Å². The van der Waals surface area contributed by atoms with Crippen LogP contribution in [0.1, 0.15) is 37.8 Å². The lowest BCUT2D eigenvalue weighted by Gasteiger charge is -2.30. The van der Waals surface area contributed by atoms with Crippen LogP contribution in [0, 0.1) is 6.92 Å². The van der Waals surface area contributed by atoms with E-state index in [1.54, 1.807) is 0 Å². The molecule has 0 atom stereocenters. The fourth-order valence-electron chi connectivity index (χ4n) is 2.75. The lowest BCUT2D eigenvalue weighted by molar-refractivity contribution is 0.111. The topological polar surface area (TPSA) is 29.5 Å². The highest BCUT2D eigenvalue weighted by molar-refractivity contribution is 5.78. The molecule has 0 radical (unpaired) electrons. The van der Waals surface area contributed by atoms with E-state index >= 15 is 0 Å². The maximum absolute atomic E-state index is 11.9. The number of hydrogen-bond acceptors (Lipinski definition) is 2. The summed E-state index contributed by atoms with van der Waals surface area (Å²) >= 11 is 0. The minimum absolute atomic E-state index is 0.200. The molecule has 108 valence electrons. The number of rotatable bonds is 3. The van der Waals surface area contributed by atoms with Crippen LogP contribution >= 0.6 is 0 Å². The molecule has 1 aromatic rings. The average Bonchev–Trinajstić information content (AvgIpc) is 2.47. The van der Waals surface area contributed by atoms with Crippen LogP contribution in [0.4, 0.5) is 4.79 Å². The first-order valence-corrected chi connectivity index (χ1v) is 7.36. The molecule has 0 N–H and O–H groups in total. The molecule has 1 aliphatic rings. The molecule has 1 heterocycles. The smallest absolute Gasteiger partial charge is 0.410 e. The molecule has 2 rings (SSSR count). The molecule has 3 heteroatoms. The van der Waals surface area contributed by atoms with E-state index in [4.69, 9.17) is 4.74 Å². The van der Waals surface area contributed by atoms with Gasteiger partial charge in [-0.25, -0.2) is 4.79 Å². The van der Waals surface area contributed by atoms with Crippen molar-refractivity contribution >= 4 is 11.7 Å². The molecule has 0 aromatic heterocycles. The molecule has 0 bridgehead atoms. The van der Waals surface area contributed by atoms with Crippen molar-refractivity contribution in [1.29, 1.82) is 0 Å². The van der Waals surface area contributed by atoms with Gasteiger partial charge < -0.3 is 9.64 Å². The number of benzene rings is 1. The van der Waals surface area contributed by atoms with E-state index < -0.39 is 0 Å². The van der Waals surface area contributed by atoms with E-state index in [9.17, 15) is 4.79 Å². The van der Waals surface area contributed by atoms with E-state index in [-0.39, 0.29) is 6.09 Å². The van der Waals surface area contributed by atoms with Gasteiger partial charge in [0.2, 0.25) is 0 Å². The predicted octanol–water partition coefficient (Wildman–Crippen LogP) is 4.02. The van der Waals surface area contributed by atoms with Gasteiger partial charge in [0.25, 0.3) is 0 Å². The highest BCUT2D eigenvalue weighted by Crippen LogP contribution is 2.30. The van der Waals surface area contributed by atoms with Crippen molar-refractivity contribution in [3.05, 3.63) is 41.0 Å². The molecular weight excluding hydrogens is 250 g/mol. The zero-order valence-corrected chi connectivity index (χ0v) is 12.6. The Morgan fingerprint density at radius 3 is 2.70 bits per heavy atom. The molecule has 0 aliphatic carbocycles. The largest absolute Gasteiger partial charge is 0.450 e. The van der Waals surface area contributed by atoms with Gasteiger partial charge in [-0.3, -0.25) is 0 Å². The molecular formula is C17H23NO2. The number of ether oxygens (including phenoxy) is 1. The maximum Gasteiger partial charge on any atom is 0.410 e. The molecule has 1 amide bonds. The van der Waals surface area contributed by atoms with E-state index in [2.05, 4.69) is 38.1 Å². The van der Waals surface area contributed by atoms with Crippen LogP contribution in [-0.2, 0) is 4.74 Å². The summed E-state index contributed by atoms with van der Waals surface area (Å²) in [5.41, 5.74) is 5.28. The fraction of sp³-hybridized carbons (Fsp3) is 0.471. The van der Waals surface area contributed by atoms with Crippen LogP contribution in [0.25, 0.3) is 5.57 Å². The molecule has 0 spiro atoms. The highest BCUT2D eigenvalue weighted by Gasteiger charge is 2.24. The Kier molecular flexibility index (Phi) is 4.83. The standard InChI is InChI=1S/C17H23NO2/c1-4-14-10-11-18(17(19)20-5-2)12-16(14)15-9-7-6-8-13(15)3/h6-9H,4-5,10-12H2,1-3H3. The third kappa shape index (κ3) is 3.03. The fourth-order valence-corrected chi connectivity index (χ4v) is 2.75. The first-order chi connectivity index (χ1) is 9.67. The number of hydrogen-bond donors (Lipinski definition) is 0. The number of amides is 1. The number of carbonyl (C=O) groups excluding carboxylic acids is 1. The minimum atomic E-state index is -0.200. The van der Waals surface area contributed by atoms with Crippen molar-refractivity contribution < 1.29 is 9.53 Å². The van der Waals surface area contributed by atoms with Crippen LogP contribution in [0.15, 0.2) is 29.8 Å². The van der Waals surface area contributed by atoms with Crippen LogP contribution in [0.5, 0.6) is 0 Å². The molecule has 1 aliphatic heterocycles. The second-order valence-electron chi connectivity index (χ2n) is 5.12. The van der Waals surface area contributed by atoms with Crippen LogP contribution in [-0.4, -0.2) is 30.7 Å². The average molecular weight is 273 g/mol. The van der Waals surface area contributed by atoms with Crippen molar-refractivity contribution in [3.63, 3.8) is 0 Å². The number of carbonyl (C=O) groups is 1. The normalized spacial score (nSPS) is 15.4. The summed E-state index contributed by atoms with van der Waals surface area (Å²) in [4.78, 5) is 13.7. The van der Waals surface area contributed by atoms with Gasteiger partial charge in [0.1, 0.15) is 0 Å². The van der Waals surface area contributed by atoms with Gasteiger partial charge in [-0.05, 0) is 43.4 Å². The van der Waals surface area contributed by atoms with Gasteiger partial charge in [-0.1, -0.05) is 36.8 Å². The molecule has 0 fully saturated rings. The molecule has 0 saturated carbocycles. The molecule has 20 heavy (non-hydrogen) atoms. The first kappa shape index (κ1) is 14.6. The summed E-state index contributed by atoms with van der Waals surface area (Å²) in [6, 6.07) is 8.39. The van der Waals surface area contributed by atoms with E-state index in [1.807, 2.05) is 11.8 Å². The molecule has 0 unspecified atom stereocenters. The van der Waals surface area contributed by atoms with Crippen molar-refractivity contribution in [2.24, 2.45) is 0 Å². The van der Waals surface area contributed by atoms with E-state index in [0.29, 0.717) is 13.2 Å². The SMILES string of the molecule is CCOC(=O)N1CCC(CC)=C(c2ccccc2C)C1. The highest BCUT2D eigenvalue weighted by atomic mass is 16.6. The Morgan fingerprint density at radius 2 is 2.05 bits per heavy atom. The van der Waals surface area contributed by atoms with Gasteiger partial charge in [0.05, 0.1) is 6.61 Å². The quantitative estimate of drug-likeness (QED) is 0.832. The van der Waals surface area contributed by atoms with E-state index in [1.165, 1.54) is 22.3 Å². The van der Waals surface area contributed by atoms with Crippen LogP contribution in [0.2, 0.25) is 0 Å². The minimum Gasteiger partial charge on any atom is -0.450 e. The van der Waals surface area contributed by atoms with Gasteiger partial charge in [0, 0.05) is 13.1 Å². The van der Waals surface area contributed by atoms with Gasteiger partial charge >= 0.3 is 6.09 Å². The van der Waals surface area contributed by atoms with Gasteiger partial charge in [0.15, 0.2) is 0 Å². The Labute approximate surface area is 121 Å². The Morgan fingerprint density at radius 1 is 1.30 bits per heavy atom. The Bertz CT molecular complexity index is 519. The second kappa shape index (κ2) is 6.60. The number of nitrogens with zero attached hydrogens (tertiary/aromatic N) is 1. The summed E-state index contributed by atoms with van der Waals surface area (Å²) < 4.78 is 5.13. The number of aryl methyl sites for hydroxylation is 1. The summed E-state index contributed by atoms with van der Waals surface area (Å²) in [5, 5.41) is 0. The van der Waals surface area contributed by atoms with Crippen molar-refractivity contribution in [2.45, 2.75) is 33.6 Å². The summed E-state index contributed by atoms with van der Waals surface area (Å²) in [6.45, 7) is 8.01. The second-order valence-corrected chi connectivity index (χ2v) is 5.12. The molecule has 3 nitrogen and oxygen atoms in total. The lowest BCUT2D eigenvalue weighted by Crippen LogP contribution is -2.37. The van der Waals surface area contributed by atoms with Crippen molar-refractivity contribution in [1.82, 2.24) is 4.90 Å². The zero-order valence-electron chi connectivity index (χ0n) is 12.6. The first-order valence-electron chi connectivity index (χ1n) is 7.36. The summed E-state index contributed by atoms with van der Waals surface area (Å²) in [5.74, 6) is 0. The Balaban J connectivity index is 2.30. The van der Waals surface area contributed by atoms with Crippen molar-refractivity contribution in [3.8, 4) is 0 Å². The predicted molar refractivity (Wildman–Crippen MR) is 81.6 cm³/mol. The molecule has 0 saturated heterocycles. The third-order valence-corrected chi connectivity index (χ3v) is 3.88. The van der Waals surface area contributed by atoms with Crippen LogP contribution < -0.4 is 0 Å². The van der Waals surface area contributed by atoms with Crippen LogP contribution in [0.3, 0.4) is 0 Å². The monoisotopic (exact) mass is 273 g/mol. The third-order valence-electron chi connectivity index (χ3n) is 3.88.